The van der Waals surface area contributed by atoms with Crippen molar-refractivity contribution in [2.45, 2.75) is 38.0 Å². The largest absolute Gasteiger partial charge is 0.342 e. The number of aromatic nitrogens is 1. The van der Waals surface area contributed by atoms with Crippen molar-refractivity contribution in [3.63, 3.8) is 0 Å². The number of hydrogen-bond donors (Lipinski definition) is 0. The van der Waals surface area contributed by atoms with Gasteiger partial charge in [0.1, 0.15) is 5.82 Å². The Hall–Kier alpha value is -2.27. The molecule has 0 spiro atoms. The molecular formula is C23H28FN3O. The van der Waals surface area contributed by atoms with Gasteiger partial charge in [0.2, 0.25) is 5.91 Å². The zero-order valence-corrected chi connectivity index (χ0v) is 16.3. The molecule has 4 rings (SSSR count). The Labute approximate surface area is 166 Å². The molecule has 2 aliphatic rings. The van der Waals surface area contributed by atoms with E-state index in [-0.39, 0.29) is 17.6 Å². The van der Waals surface area contributed by atoms with Crippen LogP contribution >= 0.6 is 0 Å². The van der Waals surface area contributed by atoms with E-state index in [9.17, 15) is 9.18 Å². The van der Waals surface area contributed by atoms with Crippen LogP contribution in [0.4, 0.5) is 4.39 Å². The molecule has 1 amide bonds. The van der Waals surface area contributed by atoms with Gasteiger partial charge < -0.3 is 4.90 Å². The Morgan fingerprint density at radius 3 is 2.64 bits per heavy atom. The van der Waals surface area contributed by atoms with Crippen LogP contribution in [0.15, 0.2) is 42.5 Å². The number of pyridine rings is 1. The molecule has 3 heterocycles. The Morgan fingerprint density at radius 2 is 1.82 bits per heavy atom. The number of nitrogens with zero attached hydrogens (tertiary/aromatic N) is 3. The predicted octanol–water partition coefficient (Wildman–Crippen LogP) is 4.08. The van der Waals surface area contributed by atoms with Crippen molar-refractivity contribution >= 4 is 5.91 Å². The molecule has 2 aliphatic heterocycles. The molecule has 4 nitrogen and oxygen atoms in total. The topological polar surface area (TPSA) is 36.4 Å². The standard InChI is InChI=1S/C23H28FN3O/c24-20-10-3-2-9-19(20)22-12-6-11-21(25-22)18-8-7-13-26(16-18)17-23(28)27-14-4-1-5-15-27/h2-3,6,9-12,18H,1,4-5,7-8,13-17H2/t18-/m1/s1. The van der Waals surface area contributed by atoms with E-state index >= 15 is 0 Å². The van der Waals surface area contributed by atoms with E-state index in [1.807, 2.05) is 29.2 Å². The van der Waals surface area contributed by atoms with Crippen molar-refractivity contribution < 1.29 is 9.18 Å². The monoisotopic (exact) mass is 381 g/mol. The molecule has 0 aliphatic carbocycles. The van der Waals surface area contributed by atoms with E-state index in [0.29, 0.717) is 17.8 Å². The van der Waals surface area contributed by atoms with E-state index in [0.717, 1.165) is 57.6 Å². The smallest absolute Gasteiger partial charge is 0.236 e. The van der Waals surface area contributed by atoms with Gasteiger partial charge in [-0.25, -0.2) is 4.39 Å². The molecule has 1 aromatic carbocycles. The molecule has 0 unspecified atom stereocenters. The lowest BCUT2D eigenvalue weighted by Crippen LogP contribution is -2.45. The van der Waals surface area contributed by atoms with Crippen molar-refractivity contribution in [3.05, 3.63) is 54.0 Å². The molecule has 0 saturated carbocycles. The minimum atomic E-state index is -0.246. The van der Waals surface area contributed by atoms with E-state index in [4.69, 9.17) is 4.98 Å². The number of rotatable bonds is 4. The summed E-state index contributed by atoms with van der Waals surface area (Å²) in [6.45, 7) is 4.12. The minimum absolute atomic E-state index is 0.246. The lowest BCUT2D eigenvalue weighted by molar-refractivity contribution is -0.133. The molecule has 2 saturated heterocycles. The number of likely N-dealkylation sites (tertiary alicyclic amines) is 2. The van der Waals surface area contributed by atoms with Crippen LogP contribution in [0.25, 0.3) is 11.3 Å². The van der Waals surface area contributed by atoms with E-state index in [1.54, 1.807) is 12.1 Å². The summed E-state index contributed by atoms with van der Waals surface area (Å²) >= 11 is 0. The van der Waals surface area contributed by atoms with Crippen molar-refractivity contribution in [2.24, 2.45) is 0 Å². The fourth-order valence-corrected chi connectivity index (χ4v) is 4.37. The van der Waals surface area contributed by atoms with Gasteiger partial charge >= 0.3 is 0 Å². The van der Waals surface area contributed by atoms with Crippen molar-refractivity contribution in [1.82, 2.24) is 14.8 Å². The number of carbonyl (C=O) groups excluding carboxylic acids is 1. The van der Waals surface area contributed by atoms with Crippen LogP contribution < -0.4 is 0 Å². The summed E-state index contributed by atoms with van der Waals surface area (Å²) in [6, 6.07) is 12.6. The average molecular weight is 381 g/mol. The van der Waals surface area contributed by atoms with Crippen LogP contribution in [0.3, 0.4) is 0 Å². The lowest BCUT2D eigenvalue weighted by atomic mass is 9.93. The highest BCUT2D eigenvalue weighted by molar-refractivity contribution is 5.78. The van der Waals surface area contributed by atoms with E-state index in [1.165, 1.54) is 12.5 Å². The SMILES string of the molecule is O=C(CN1CCC[C@@H](c2cccc(-c3ccccc3F)n2)C1)N1CCCCC1. The molecule has 0 bridgehead atoms. The van der Waals surface area contributed by atoms with Crippen LogP contribution in [0.2, 0.25) is 0 Å². The molecule has 0 N–H and O–H groups in total. The van der Waals surface area contributed by atoms with Gasteiger partial charge in [0, 0.05) is 36.8 Å². The summed E-state index contributed by atoms with van der Waals surface area (Å²) in [7, 11) is 0. The Kier molecular flexibility index (Phi) is 6.01. The third-order valence-corrected chi connectivity index (χ3v) is 5.91. The van der Waals surface area contributed by atoms with Gasteiger partial charge in [0.25, 0.3) is 0 Å². The van der Waals surface area contributed by atoms with Gasteiger partial charge in [-0.05, 0) is 62.9 Å². The van der Waals surface area contributed by atoms with Gasteiger partial charge in [0.05, 0.1) is 12.2 Å². The van der Waals surface area contributed by atoms with E-state index in [2.05, 4.69) is 4.90 Å². The van der Waals surface area contributed by atoms with Gasteiger partial charge in [-0.2, -0.15) is 0 Å². The highest BCUT2D eigenvalue weighted by Crippen LogP contribution is 2.28. The Bertz CT molecular complexity index is 819. The van der Waals surface area contributed by atoms with Crippen LogP contribution in [-0.4, -0.2) is 53.4 Å². The van der Waals surface area contributed by atoms with Crippen LogP contribution in [-0.2, 0) is 4.79 Å². The van der Waals surface area contributed by atoms with Gasteiger partial charge in [-0.1, -0.05) is 18.2 Å². The first-order valence-corrected chi connectivity index (χ1v) is 10.4. The van der Waals surface area contributed by atoms with Gasteiger partial charge in [0.15, 0.2) is 0 Å². The summed E-state index contributed by atoms with van der Waals surface area (Å²) in [5, 5.41) is 0. The summed E-state index contributed by atoms with van der Waals surface area (Å²) in [5.74, 6) is 0.299. The molecule has 28 heavy (non-hydrogen) atoms. The van der Waals surface area contributed by atoms with Gasteiger partial charge in [-0.3, -0.25) is 14.7 Å². The normalized spacial score (nSPS) is 20.9. The van der Waals surface area contributed by atoms with E-state index < -0.39 is 0 Å². The molecule has 5 heteroatoms. The summed E-state index contributed by atoms with van der Waals surface area (Å²) in [5.41, 5.74) is 2.21. The summed E-state index contributed by atoms with van der Waals surface area (Å²) in [4.78, 5) is 21.7. The van der Waals surface area contributed by atoms with Crippen molar-refractivity contribution in [3.8, 4) is 11.3 Å². The number of amides is 1. The number of halogens is 1. The van der Waals surface area contributed by atoms with Crippen LogP contribution in [0.5, 0.6) is 0 Å². The van der Waals surface area contributed by atoms with Crippen molar-refractivity contribution in [2.75, 3.05) is 32.7 Å². The summed E-state index contributed by atoms with van der Waals surface area (Å²) in [6.07, 6.45) is 5.60. The zero-order valence-electron chi connectivity index (χ0n) is 16.3. The second-order valence-corrected chi connectivity index (χ2v) is 7.94. The lowest BCUT2D eigenvalue weighted by Gasteiger charge is -2.34. The van der Waals surface area contributed by atoms with Crippen LogP contribution in [0, 0.1) is 5.82 Å². The quantitative estimate of drug-likeness (QED) is 0.801. The average Bonchev–Trinajstić information content (AvgIpc) is 2.75. The van der Waals surface area contributed by atoms with Gasteiger partial charge in [-0.15, -0.1) is 0 Å². The first-order valence-electron chi connectivity index (χ1n) is 10.4. The summed E-state index contributed by atoms with van der Waals surface area (Å²) < 4.78 is 14.1. The maximum Gasteiger partial charge on any atom is 0.236 e. The second-order valence-electron chi connectivity index (χ2n) is 7.94. The maximum atomic E-state index is 14.1. The molecule has 148 valence electrons. The second kappa shape index (κ2) is 8.82. The Balaban J connectivity index is 1.44. The molecular weight excluding hydrogens is 353 g/mol. The zero-order chi connectivity index (χ0) is 19.3. The number of hydrogen-bond acceptors (Lipinski definition) is 3. The maximum absolute atomic E-state index is 14.1. The first kappa shape index (κ1) is 19.1. The number of benzene rings is 1. The third kappa shape index (κ3) is 4.41. The first-order chi connectivity index (χ1) is 13.7. The molecule has 1 aromatic heterocycles. The highest BCUT2D eigenvalue weighted by Gasteiger charge is 2.26. The molecule has 0 radical (unpaired) electrons. The van der Waals surface area contributed by atoms with Crippen molar-refractivity contribution in [1.29, 1.82) is 0 Å². The minimum Gasteiger partial charge on any atom is -0.342 e. The molecule has 2 fully saturated rings. The molecule has 1 atom stereocenters. The fraction of sp³-hybridized carbons (Fsp3) is 0.478. The predicted molar refractivity (Wildman–Crippen MR) is 108 cm³/mol. The number of carbonyl (C=O) groups is 1. The Morgan fingerprint density at radius 1 is 1.00 bits per heavy atom. The fourth-order valence-electron chi connectivity index (χ4n) is 4.37. The number of piperidine rings is 2. The third-order valence-electron chi connectivity index (χ3n) is 5.91. The van der Waals surface area contributed by atoms with Crippen LogP contribution in [0.1, 0.15) is 43.7 Å². The molecule has 2 aromatic rings. The highest BCUT2D eigenvalue weighted by atomic mass is 19.1.